The average molecular weight is 308 g/mol. The van der Waals surface area contributed by atoms with Gasteiger partial charge in [0.05, 0.1) is 18.9 Å². The summed E-state index contributed by atoms with van der Waals surface area (Å²) in [6, 6.07) is 0. The Morgan fingerprint density at radius 2 is 1.95 bits per heavy atom. The zero-order chi connectivity index (χ0) is 15.5. The molecule has 0 aromatic rings. The van der Waals surface area contributed by atoms with Crippen LogP contribution in [0.4, 0.5) is 4.39 Å². The van der Waals surface area contributed by atoms with Gasteiger partial charge in [-0.15, -0.1) is 0 Å². The van der Waals surface area contributed by atoms with Crippen molar-refractivity contribution in [2.24, 2.45) is 28.6 Å². The first-order valence-corrected chi connectivity index (χ1v) is 9.13. The molecule has 0 aromatic carbocycles. The summed E-state index contributed by atoms with van der Waals surface area (Å²) in [6.07, 6.45) is 9.19. The molecule has 0 aliphatic heterocycles. The summed E-state index contributed by atoms with van der Waals surface area (Å²) >= 11 is 0. The number of hydrogen-bond acceptors (Lipinski definition) is 2. The maximum Gasteiger partial charge on any atom is 0.0990 e. The summed E-state index contributed by atoms with van der Waals surface area (Å²) in [5, 5.41) is 20.4. The van der Waals surface area contributed by atoms with Gasteiger partial charge >= 0.3 is 0 Å². The quantitative estimate of drug-likeness (QED) is 0.726. The van der Waals surface area contributed by atoms with Crippen molar-refractivity contribution in [2.75, 3.05) is 6.67 Å². The molecule has 0 saturated heterocycles. The van der Waals surface area contributed by atoms with E-state index in [9.17, 15) is 14.6 Å². The Kier molecular flexibility index (Phi) is 3.47. The van der Waals surface area contributed by atoms with Crippen LogP contribution >= 0.6 is 0 Å². The first-order valence-electron chi connectivity index (χ1n) is 9.13. The van der Waals surface area contributed by atoms with Crippen LogP contribution in [0, 0.1) is 28.6 Å². The number of fused-ring (bicyclic) bond motifs is 5. The summed E-state index contributed by atoms with van der Waals surface area (Å²) in [5.41, 5.74) is 0.965. The third kappa shape index (κ3) is 1.84. The van der Waals surface area contributed by atoms with Gasteiger partial charge < -0.3 is 10.2 Å². The van der Waals surface area contributed by atoms with Crippen molar-refractivity contribution in [2.45, 2.75) is 70.5 Å². The summed E-state index contributed by atoms with van der Waals surface area (Å²) in [4.78, 5) is 0. The lowest BCUT2D eigenvalue weighted by molar-refractivity contribution is -0.0812. The van der Waals surface area contributed by atoms with E-state index in [-0.39, 0.29) is 29.7 Å². The van der Waals surface area contributed by atoms with Gasteiger partial charge in [0.15, 0.2) is 0 Å². The highest BCUT2D eigenvalue weighted by molar-refractivity contribution is 5.26. The highest BCUT2D eigenvalue weighted by Crippen LogP contribution is 2.64. The van der Waals surface area contributed by atoms with E-state index in [2.05, 4.69) is 13.0 Å². The van der Waals surface area contributed by atoms with Gasteiger partial charge in [0.2, 0.25) is 0 Å². The Hall–Kier alpha value is -0.410. The molecule has 4 aliphatic rings. The first-order chi connectivity index (χ1) is 10.5. The molecule has 3 heteroatoms. The Labute approximate surface area is 132 Å². The largest absolute Gasteiger partial charge is 0.393 e. The Morgan fingerprint density at radius 1 is 1.14 bits per heavy atom. The molecule has 124 valence electrons. The Balaban J connectivity index is 1.70. The van der Waals surface area contributed by atoms with Crippen molar-refractivity contribution in [1.29, 1.82) is 0 Å². The van der Waals surface area contributed by atoms with Crippen LogP contribution in [0.5, 0.6) is 0 Å². The topological polar surface area (TPSA) is 40.5 Å². The second-order valence-corrected chi connectivity index (χ2v) is 8.67. The van der Waals surface area contributed by atoms with Crippen LogP contribution in [0.25, 0.3) is 0 Å². The van der Waals surface area contributed by atoms with Gasteiger partial charge in [0.25, 0.3) is 0 Å². The fraction of sp³-hybridized carbons (Fsp3) is 0.895. The molecule has 0 unspecified atom stereocenters. The predicted octanol–water partition coefficient (Wildman–Crippen LogP) is 3.62. The van der Waals surface area contributed by atoms with Gasteiger partial charge in [-0.2, -0.15) is 0 Å². The SMILES string of the molecule is C[C@]12CC[C@H]3[C@@H](CC=C4C[C@@H](O)CC[C@@]43CF)[C@@H]1CC[C@@H]2O. The van der Waals surface area contributed by atoms with Crippen LogP contribution in [-0.2, 0) is 0 Å². The Morgan fingerprint density at radius 3 is 2.73 bits per heavy atom. The van der Waals surface area contributed by atoms with Crippen LogP contribution in [0.2, 0.25) is 0 Å². The van der Waals surface area contributed by atoms with E-state index in [1.165, 1.54) is 5.57 Å². The fourth-order valence-corrected chi connectivity index (χ4v) is 6.66. The normalized spacial score (nSPS) is 54.2. The third-order valence-electron chi connectivity index (χ3n) is 7.99. The number of halogens is 1. The van der Waals surface area contributed by atoms with Crippen LogP contribution < -0.4 is 0 Å². The molecular weight excluding hydrogens is 279 g/mol. The number of allylic oxidation sites excluding steroid dienone is 1. The molecule has 4 rings (SSSR count). The summed E-state index contributed by atoms with van der Waals surface area (Å²) in [5.74, 6) is 1.51. The van der Waals surface area contributed by atoms with Crippen molar-refractivity contribution in [3.63, 3.8) is 0 Å². The molecule has 0 heterocycles. The maximum atomic E-state index is 14.2. The molecule has 0 aromatic heterocycles. The van der Waals surface area contributed by atoms with Crippen molar-refractivity contribution >= 4 is 0 Å². The lowest BCUT2D eigenvalue weighted by atomic mass is 9.47. The van der Waals surface area contributed by atoms with E-state index in [1.807, 2.05) is 0 Å². The lowest BCUT2D eigenvalue weighted by Gasteiger charge is -2.57. The second kappa shape index (κ2) is 5.04. The maximum absolute atomic E-state index is 14.2. The number of alkyl halides is 1. The van der Waals surface area contributed by atoms with E-state index in [0.717, 1.165) is 44.9 Å². The highest BCUT2D eigenvalue weighted by atomic mass is 19.1. The molecule has 0 amide bonds. The molecule has 22 heavy (non-hydrogen) atoms. The van der Waals surface area contributed by atoms with Crippen molar-refractivity contribution < 1.29 is 14.6 Å². The zero-order valence-electron chi connectivity index (χ0n) is 13.6. The number of hydrogen-bond donors (Lipinski definition) is 2. The van der Waals surface area contributed by atoms with Gasteiger partial charge in [-0.1, -0.05) is 18.6 Å². The van der Waals surface area contributed by atoms with Crippen LogP contribution in [-0.4, -0.2) is 29.1 Å². The third-order valence-corrected chi connectivity index (χ3v) is 7.99. The molecule has 0 bridgehead atoms. The van der Waals surface area contributed by atoms with Gasteiger partial charge in [0, 0.05) is 5.41 Å². The average Bonchev–Trinajstić information content (AvgIpc) is 2.82. The van der Waals surface area contributed by atoms with Gasteiger partial charge in [-0.25, -0.2) is 0 Å². The smallest absolute Gasteiger partial charge is 0.0990 e. The molecule has 3 saturated carbocycles. The monoisotopic (exact) mass is 308 g/mol. The molecule has 4 aliphatic carbocycles. The van der Waals surface area contributed by atoms with E-state index >= 15 is 0 Å². The lowest BCUT2D eigenvalue weighted by Crippen LogP contribution is -2.53. The minimum Gasteiger partial charge on any atom is -0.393 e. The molecule has 3 fully saturated rings. The van der Waals surface area contributed by atoms with E-state index in [4.69, 9.17) is 0 Å². The number of rotatable bonds is 1. The van der Waals surface area contributed by atoms with E-state index < -0.39 is 0 Å². The molecule has 2 nitrogen and oxygen atoms in total. The minimum atomic E-state index is -0.295. The second-order valence-electron chi connectivity index (χ2n) is 8.67. The predicted molar refractivity (Wildman–Crippen MR) is 84.0 cm³/mol. The molecule has 7 atom stereocenters. The summed E-state index contributed by atoms with van der Waals surface area (Å²) in [6.45, 7) is 2.00. The van der Waals surface area contributed by atoms with Gasteiger partial charge in [-0.05, 0) is 74.5 Å². The molecule has 2 N–H and O–H groups in total. The summed E-state index contributed by atoms with van der Waals surface area (Å²) < 4.78 is 14.2. The van der Waals surface area contributed by atoms with Crippen molar-refractivity contribution in [1.82, 2.24) is 0 Å². The Bertz CT molecular complexity index is 490. The number of aliphatic hydroxyl groups is 2. The van der Waals surface area contributed by atoms with E-state index in [1.54, 1.807) is 0 Å². The van der Waals surface area contributed by atoms with Gasteiger partial charge in [-0.3, -0.25) is 4.39 Å². The van der Waals surface area contributed by atoms with E-state index in [0.29, 0.717) is 24.2 Å². The highest BCUT2D eigenvalue weighted by Gasteiger charge is 2.59. The van der Waals surface area contributed by atoms with Crippen LogP contribution in [0.1, 0.15) is 58.3 Å². The minimum absolute atomic E-state index is 0.0538. The van der Waals surface area contributed by atoms with Gasteiger partial charge in [0.1, 0.15) is 0 Å². The van der Waals surface area contributed by atoms with Crippen LogP contribution in [0.15, 0.2) is 11.6 Å². The zero-order valence-corrected chi connectivity index (χ0v) is 13.6. The van der Waals surface area contributed by atoms with Crippen molar-refractivity contribution in [3.05, 3.63) is 11.6 Å². The van der Waals surface area contributed by atoms with Crippen molar-refractivity contribution in [3.8, 4) is 0 Å². The number of aliphatic hydroxyl groups excluding tert-OH is 2. The first kappa shape index (κ1) is 15.1. The standard InChI is InChI=1S/C19H29FO2/c1-18-8-7-16-14(15(18)4-5-17(18)22)3-2-12-10-13(21)6-9-19(12,16)11-20/h2,13-17,21-22H,3-11H2,1H3/t13-,14-,15-,16-,17-,18-,19+/m0/s1. The molecular formula is C19H29FO2. The fourth-order valence-electron chi connectivity index (χ4n) is 6.66. The van der Waals surface area contributed by atoms with Crippen LogP contribution in [0.3, 0.4) is 0 Å². The molecule has 0 spiro atoms. The summed E-state index contributed by atoms with van der Waals surface area (Å²) in [7, 11) is 0. The molecule has 0 radical (unpaired) electrons.